The molecule has 0 spiro atoms. The molecule has 0 atom stereocenters. The van der Waals surface area contributed by atoms with Crippen molar-refractivity contribution < 1.29 is 4.79 Å². The predicted octanol–water partition coefficient (Wildman–Crippen LogP) is 2.55. The highest BCUT2D eigenvalue weighted by Gasteiger charge is 1.86. The van der Waals surface area contributed by atoms with E-state index in [2.05, 4.69) is 0 Å². The van der Waals surface area contributed by atoms with Crippen LogP contribution >= 0.6 is 11.6 Å². The van der Waals surface area contributed by atoms with Gasteiger partial charge in [0.1, 0.15) is 6.29 Å². The van der Waals surface area contributed by atoms with Crippen LogP contribution in [0.1, 0.15) is 5.56 Å². The molecule has 0 amide bonds. The maximum atomic E-state index is 9.94. The molecular formula is C9H7ClO. The van der Waals surface area contributed by atoms with E-state index in [-0.39, 0.29) is 0 Å². The fraction of sp³-hybridized carbons (Fsp3) is 0. The van der Waals surface area contributed by atoms with Gasteiger partial charge in [0.2, 0.25) is 0 Å². The van der Waals surface area contributed by atoms with E-state index in [0.717, 1.165) is 11.8 Å². The van der Waals surface area contributed by atoms with Crippen molar-refractivity contribution in [2.24, 2.45) is 0 Å². The first kappa shape index (κ1) is 8.02. The summed E-state index contributed by atoms with van der Waals surface area (Å²) in [4.78, 5) is 9.94. The van der Waals surface area contributed by atoms with Gasteiger partial charge in [-0.15, -0.1) is 0 Å². The average Bonchev–Trinajstić information content (AvgIpc) is 2.01. The largest absolute Gasteiger partial charge is 0.299 e. The molecule has 0 unspecified atom stereocenters. The Hall–Kier alpha value is -1.08. The van der Waals surface area contributed by atoms with Crippen LogP contribution in [0.2, 0.25) is 5.02 Å². The van der Waals surface area contributed by atoms with Crippen molar-refractivity contribution in [1.29, 1.82) is 0 Å². The number of carbonyl (C=O) groups excluding carboxylic acids is 1. The molecule has 1 rings (SSSR count). The normalized spacial score (nSPS) is 10.3. The van der Waals surface area contributed by atoms with E-state index in [1.165, 1.54) is 6.08 Å². The van der Waals surface area contributed by atoms with Gasteiger partial charge in [-0.3, -0.25) is 4.79 Å². The molecule has 0 heterocycles. The third-order valence-electron chi connectivity index (χ3n) is 1.22. The zero-order chi connectivity index (χ0) is 8.10. The molecule has 0 saturated heterocycles. The summed E-state index contributed by atoms with van der Waals surface area (Å²) < 4.78 is 0. The zero-order valence-corrected chi connectivity index (χ0v) is 6.58. The topological polar surface area (TPSA) is 17.1 Å². The van der Waals surface area contributed by atoms with Gasteiger partial charge in [-0.05, 0) is 23.8 Å². The number of benzene rings is 1. The van der Waals surface area contributed by atoms with Gasteiger partial charge in [0.15, 0.2) is 0 Å². The lowest BCUT2D eigenvalue weighted by Gasteiger charge is -1.91. The lowest BCUT2D eigenvalue weighted by molar-refractivity contribution is -0.104. The Labute approximate surface area is 70.3 Å². The molecule has 2 heteroatoms. The van der Waals surface area contributed by atoms with Crippen LogP contribution in [0.3, 0.4) is 0 Å². The second-order valence-electron chi connectivity index (χ2n) is 2.05. The molecule has 0 N–H and O–H groups in total. The van der Waals surface area contributed by atoms with Crippen molar-refractivity contribution in [2.45, 2.75) is 0 Å². The van der Waals surface area contributed by atoms with E-state index in [4.69, 9.17) is 11.6 Å². The summed E-state index contributed by atoms with van der Waals surface area (Å²) in [5.74, 6) is 0. The molecule has 1 aromatic rings. The second-order valence-corrected chi connectivity index (χ2v) is 2.49. The minimum absolute atomic E-state index is 0.679. The summed E-state index contributed by atoms with van der Waals surface area (Å²) in [6, 6.07) is 7.31. The monoisotopic (exact) mass is 166 g/mol. The third-order valence-corrected chi connectivity index (χ3v) is 1.45. The molecule has 0 fully saturated rings. The Morgan fingerprint density at radius 3 is 2.82 bits per heavy atom. The summed E-state index contributed by atoms with van der Waals surface area (Å²) >= 11 is 5.70. The van der Waals surface area contributed by atoms with E-state index in [1.807, 2.05) is 12.1 Å². The van der Waals surface area contributed by atoms with Crippen LogP contribution in [0.25, 0.3) is 6.08 Å². The summed E-state index contributed by atoms with van der Waals surface area (Å²) in [6.45, 7) is 0. The number of rotatable bonds is 2. The van der Waals surface area contributed by atoms with Crippen LogP contribution in [-0.4, -0.2) is 6.29 Å². The highest BCUT2D eigenvalue weighted by atomic mass is 35.5. The van der Waals surface area contributed by atoms with Crippen molar-refractivity contribution in [1.82, 2.24) is 0 Å². The van der Waals surface area contributed by atoms with Gasteiger partial charge >= 0.3 is 0 Å². The minimum atomic E-state index is 0.679. The van der Waals surface area contributed by atoms with Crippen LogP contribution in [0.4, 0.5) is 0 Å². The standard InChI is InChI=1S/C9H7ClO/c10-9-5-1-3-8(7-9)4-2-6-11/h1-7H. The summed E-state index contributed by atoms with van der Waals surface area (Å²) in [5.41, 5.74) is 0.935. The molecule has 0 aliphatic heterocycles. The third kappa shape index (κ3) is 2.56. The summed E-state index contributed by atoms with van der Waals surface area (Å²) in [7, 11) is 0. The average molecular weight is 167 g/mol. The van der Waals surface area contributed by atoms with Gasteiger partial charge in [0.25, 0.3) is 0 Å². The first-order valence-electron chi connectivity index (χ1n) is 3.20. The van der Waals surface area contributed by atoms with Gasteiger partial charge in [0.05, 0.1) is 0 Å². The number of aldehydes is 1. The van der Waals surface area contributed by atoms with Crippen LogP contribution < -0.4 is 0 Å². The first-order valence-corrected chi connectivity index (χ1v) is 3.58. The number of hydrogen-bond acceptors (Lipinski definition) is 1. The van der Waals surface area contributed by atoms with E-state index in [0.29, 0.717) is 5.02 Å². The highest BCUT2D eigenvalue weighted by molar-refractivity contribution is 6.30. The molecule has 11 heavy (non-hydrogen) atoms. The van der Waals surface area contributed by atoms with Gasteiger partial charge < -0.3 is 0 Å². The Bertz CT molecular complexity index is 279. The smallest absolute Gasteiger partial charge is 0.142 e. The van der Waals surface area contributed by atoms with Gasteiger partial charge in [0, 0.05) is 5.02 Å². The molecule has 0 aromatic heterocycles. The van der Waals surface area contributed by atoms with Crippen LogP contribution in [0.5, 0.6) is 0 Å². The lowest BCUT2D eigenvalue weighted by atomic mass is 10.2. The number of carbonyl (C=O) groups is 1. The van der Waals surface area contributed by atoms with Crippen LogP contribution in [-0.2, 0) is 4.79 Å². The van der Waals surface area contributed by atoms with Crippen molar-refractivity contribution in [3.05, 3.63) is 40.9 Å². The van der Waals surface area contributed by atoms with Crippen molar-refractivity contribution in [3.63, 3.8) is 0 Å². The lowest BCUT2D eigenvalue weighted by Crippen LogP contribution is -1.70. The summed E-state index contributed by atoms with van der Waals surface area (Å²) in [6.07, 6.45) is 3.88. The molecule has 1 aromatic carbocycles. The Morgan fingerprint density at radius 1 is 1.36 bits per heavy atom. The van der Waals surface area contributed by atoms with E-state index < -0.39 is 0 Å². The number of halogens is 1. The minimum Gasteiger partial charge on any atom is -0.299 e. The number of hydrogen-bond donors (Lipinski definition) is 0. The van der Waals surface area contributed by atoms with Crippen molar-refractivity contribution in [3.8, 4) is 0 Å². The first-order chi connectivity index (χ1) is 5.33. The summed E-state index contributed by atoms with van der Waals surface area (Å²) in [5, 5.41) is 0.679. The molecule has 0 aliphatic carbocycles. The molecule has 0 bridgehead atoms. The molecule has 1 nitrogen and oxygen atoms in total. The maximum absolute atomic E-state index is 9.94. The molecular weight excluding hydrogens is 160 g/mol. The highest BCUT2D eigenvalue weighted by Crippen LogP contribution is 2.11. The Morgan fingerprint density at radius 2 is 2.18 bits per heavy atom. The fourth-order valence-corrected chi connectivity index (χ4v) is 0.959. The van der Waals surface area contributed by atoms with Crippen molar-refractivity contribution >= 4 is 24.0 Å². The molecule has 0 aliphatic rings. The zero-order valence-electron chi connectivity index (χ0n) is 5.83. The molecule has 0 saturated carbocycles. The number of allylic oxidation sites excluding steroid dienone is 1. The van der Waals surface area contributed by atoms with E-state index >= 15 is 0 Å². The van der Waals surface area contributed by atoms with Crippen LogP contribution in [0.15, 0.2) is 30.3 Å². The molecule has 56 valence electrons. The second kappa shape index (κ2) is 3.94. The predicted molar refractivity (Wildman–Crippen MR) is 46.6 cm³/mol. The molecule has 0 radical (unpaired) electrons. The Balaban J connectivity index is 2.87. The van der Waals surface area contributed by atoms with Gasteiger partial charge in [-0.1, -0.05) is 29.8 Å². The quantitative estimate of drug-likeness (QED) is 0.488. The maximum Gasteiger partial charge on any atom is 0.142 e. The van der Waals surface area contributed by atoms with E-state index in [1.54, 1.807) is 18.2 Å². The fourth-order valence-electron chi connectivity index (χ4n) is 0.761. The van der Waals surface area contributed by atoms with Crippen molar-refractivity contribution in [2.75, 3.05) is 0 Å². The van der Waals surface area contributed by atoms with Crippen LogP contribution in [0, 0.1) is 0 Å². The SMILES string of the molecule is O=CC=Cc1cccc(Cl)c1. The van der Waals surface area contributed by atoms with Gasteiger partial charge in [-0.2, -0.15) is 0 Å². The van der Waals surface area contributed by atoms with E-state index in [9.17, 15) is 4.79 Å². The van der Waals surface area contributed by atoms with Gasteiger partial charge in [-0.25, -0.2) is 0 Å². The Kier molecular flexibility index (Phi) is 2.87.